The van der Waals surface area contributed by atoms with Crippen LogP contribution in [0.1, 0.15) is 60.2 Å². The number of aromatic nitrogens is 1. The lowest BCUT2D eigenvalue weighted by Gasteiger charge is -2.30. The molecule has 2 fully saturated rings. The third kappa shape index (κ3) is 6.46. The van der Waals surface area contributed by atoms with Crippen LogP contribution < -0.4 is 5.32 Å². The van der Waals surface area contributed by atoms with Crippen molar-refractivity contribution in [1.29, 1.82) is 0 Å². The van der Waals surface area contributed by atoms with Crippen molar-refractivity contribution in [3.05, 3.63) is 58.5 Å². The molecule has 0 aliphatic carbocycles. The van der Waals surface area contributed by atoms with E-state index in [9.17, 15) is 14.3 Å². The average Bonchev–Trinajstić information content (AvgIpc) is 3.37. The van der Waals surface area contributed by atoms with Crippen LogP contribution >= 0.6 is 0 Å². The summed E-state index contributed by atoms with van der Waals surface area (Å²) in [4.78, 5) is 19.0. The summed E-state index contributed by atoms with van der Waals surface area (Å²) in [6, 6.07) is 7.64. The lowest BCUT2D eigenvalue weighted by Crippen LogP contribution is -2.35. The Kier molecular flexibility index (Phi) is 8.66. The molecule has 5 rings (SSSR count). The predicted octanol–water partition coefficient (Wildman–Crippen LogP) is 3.91. The molecule has 0 amide bonds. The summed E-state index contributed by atoms with van der Waals surface area (Å²) >= 11 is 0. The molecule has 1 aromatic carbocycles. The van der Waals surface area contributed by atoms with Gasteiger partial charge in [-0.1, -0.05) is 12.1 Å². The number of carboxylic acid groups (broad SMARTS) is 1. The Morgan fingerprint density at radius 1 is 1.27 bits per heavy atom. The molecule has 3 unspecified atom stereocenters. The van der Waals surface area contributed by atoms with Crippen LogP contribution in [-0.4, -0.2) is 73.1 Å². The summed E-state index contributed by atoms with van der Waals surface area (Å²) in [7, 11) is 0. The van der Waals surface area contributed by atoms with E-state index in [0.717, 1.165) is 56.6 Å². The van der Waals surface area contributed by atoms with Crippen LogP contribution in [0.4, 0.5) is 10.2 Å². The van der Waals surface area contributed by atoms with Crippen molar-refractivity contribution < 1.29 is 28.5 Å². The second kappa shape index (κ2) is 12.3. The molecule has 4 heterocycles. The van der Waals surface area contributed by atoms with Crippen molar-refractivity contribution in [2.45, 2.75) is 56.8 Å². The highest BCUT2D eigenvalue weighted by molar-refractivity contribution is 5.76. The average molecular weight is 514 g/mol. The van der Waals surface area contributed by atoms with Gasteiger partial charge in [-0.15, -0.1) is 0 Å². The number of fused-ring (bicyclic) bond motifs is 1. The molecule has 1 aromatic heterocycles. The zero-order valence-electron chi connectivity index (χ0n) is 21.2. The number of aliphatic carboxylic acids is 1. The third-order valence-electron chi connectivity index (χ3n) is 7.41. The Labute approximate surface area is 217 Å². The molecular weight excluding hydrogens is 477 g/mol. The van der Waals surface area contributed by atoms with Crippen molar-refractivity contribution in [2.75, 3.05) is 51.4 Å². The van der Waals surface area contributed by atoms with Crippen LogP contribution in [0.3, 0.4) is 0 Å². The second-order valence-corrected chi connectivity index (χ2v) is 10.0. The van der Waals surface area contributed by atoms with E-state index >= 15 is 0 Å². The monoisotopic (exact) mass is 513 g/mol. The van der Waals surface area contributed by atoms with E-state index in [1.807, 2.05) is 4.90 Å². The fourth-order valence-electron chi connectivity index (χ4n) is 5.52. The number of carboxylic acids is 1. The summed E-state index contributed by atoms with van der Waals surface area (Å²) < 4.78 is 31.7. The Hall–Kier alpha value is -2.59. The van der Waals surface area contributed by atoms with Crippen molar-refractivity contribution in [1.82, 2.24) is 9.88 Å². The minimum absolute atomic E-state index is 0.0424. The van der Waals surface area contributed by atoms with Crippen LogP contribution in [-0.2, 0) is 31.8 Å². The summed E-state index contributed by atoms with van der Waals surface area (Å²) in [5.41, 5.74) is 3.50. The Morgan fingerprint density at radius 2 is 2.19 bits per heavy atom. The molecular formula is C28H36FN3O5. The van der Waals surface area contributed by atoms with Gasteiger partial charge in [0, 0.05) is 31.9 Å². The standard InChI is InChI=1S/C28H36FN3O5/c29-20-7-9-23(25-18-35-14-15-37-25)24(16-20)26(28(33)34)32-12-10-22(17-32)36-13-2-1-5-21-8-6-19-4-3-11-30-27(19)31-21/h6-9,16,22,25-26H,1-5,10-15,17-18H2,(H,30,31)(H,33,34). The van der Waals surface area contributed by atoms with Gasteiger partial charge in [0.15, 0.2) is 0 Å². The topological polar surface area (TPSA) is 93.2 Å². The van der Waals surface area contributed by atoms with Gasteiger partial charge in [-0.25, -0.2) is 9.37 Å². The number of carbonyl (C=O) groups is 1. The van der Waals surface area contributed by atoms with Gasteiger partial charge >= 0.3 is 5.97 Å². The predicted molar refractivity (Wildman–Crippen MR) is 136 cm³/mol. The van der Waals surface area contributed by atoms with Crippen molar-refractivity contribution in [3.63, 3.8) is 0 Å². The van der Waals surface area contributed by atoms with Gasteiger partial charge in [-0.3, -0.25) is 9.69 Å². The number of nitrogens with zero attached hydrogens (tertiary/aromatic N) is 2. The number of likely N-dealkylation sites (tertiary alicyclic amines) is 1. The van der Waals surface area contributed by atoms with E-state index in [1.54, 1.807) is 6.07 Å². The normalized spacial score (nSPS) is 22.8. The van der Waals surface area contributed by atoms with E-state index < -0.39 is 23.9 Å². The molecule has 3 aliphatic heterocycles. The van der Waals surface area contributed by atoms with E-state index in [2.05, 4.69) is 17.4 Å². The molecule has 3 aliphatic rings. The number of anilines is 1. The smallest absolute Gasteiger partial charge is 0.325 e. The summed E-state index contributed by atoms with van der Waals surface area (Å²) in [6.07, 6.45) is 5.36. The van der Waals surface area contributed by atoms with Crippen LogP contribution in [0.2, 0.25) is 0 Å². The largest absolute Gasteiger partial charge is 0.480 e. The summed E-state index contributed by atoms with van der Waals surface area (Å²) in [5.74, 6) is -0.433. The molecule has 2 saturated heterocycles. The SMILES string of the molecule is O=C(O)C(c1cc(F)ccc1C1COCCO1)N1CCC(OCCCCc2ccc3c(n2)NCCC3)C1. The fraction of sp³-hybridized carbons (Fsp3) is 0.571. The van der Waals surface area contributed by atoms with Crippen molar-refractivity contribution in [2.24, 2.45) is 0 Å². The number of nitrogens with one attached hydrogen (secondary N) is 1. The zero-order valence-corrected chi connectivity index (χ0v) is 21.2. The van der Waals surface area contributed by atoms with Crippen LogP contribution in [0.15, 0.2) is 30.3 Å². The van der Waals surface area contributed by atoms with Gasteiger partial charge in [-0.2, -0.15) is 0 Å². The molecule has 0 bridgehead atoms. The number of hydrogen-bond donors (Lipinski definition) is 2. The second-order valence-electron chi connectivity index (χ2n) is 10.0. The molecule has 0 saturated carbocycles. The summed E-state index contributed by atoms with van der Waals surface area (Å²) in [5, 5.41) is 13.5. The van der Waals surface area contributed by atoms with Gasteiger partial charge in [0.1, 0.15) is 23.8 Å². The lowest BCUT2D eigenvalue weighted by atomic mass is 9.95. The van der Waals surface area contributed by atoms with Crippen LogP contribution in [0.5, 0.6) is 0 Å². The fourth-order valence-corrected chi connectivity index (χ4v) is 5.52. The first-order chi connectivity index (χ1) is 18.1. The minimum Gasteiger partial charge on any atom is -0.480 e. The number of hydrogen-bond acceptors (Lipinski definition) is 7. The highest BCUT2D eigenvalue weighted by Gasteiger charge is 2.37. The molecule has 2 N–H and O–H groups in total. The Morgan fingerprint density at radius 3 is 3.03 bits per heavy atom. The van der Waals surface area contributed by atoms with E-state index in [-0.39, 0.29) is 6.10 Å². The molecule has 9 heteroatoms. The maximum absolute atomic E-state index is 14.2. The van der Waals surface area contributed by atoms with E-state index in [4.69, 9.17) is 19.2 Å². The lowest BCUT2D eigenvalue weighted by molar-refractivity contribution is -0.143. The molecule has 37 heavy (non-hydrogen) atoms. The maximum Gasteiger partial charge on any atom is 0.325 e. The number of benzene rings is 1. The molecule has 8 nitrogen and oxygen atoms in total. The molecule has 3 atom stereocenters. The molecule has 2 aromatic rings. The number of rotatable bonds is 10. The van der Waals surface area contributed by atoms with Crippen LogP contribution in [0, 0.1) is 5.82 Å². The quantitative estimate of drug-likeness (QED) is 0.462. The van der Waals surface area contributed by atoms with Gasteiger partial charge in [0.05, 0.1) is 25.9 Å². The number of ether oxygens (including phenoxy) is 3. The van der Waals surface area contributed by atoms with Crippen molar-refractivity contribution >= 4 is 11.8 Å². The Balaban J connectivity index is 1.13. The summed E-state index contributed by atoms with van der Waals surface area (Å²) in [6.45, 7) is 3.94. The number of pyridine rings is 1. The van der Waals surface area contributed by atoms with E-state index in [1.165, 1.54) is 17.7 Å². The minimum atomic E-state index is -1.00. The van der Waals surface area contributed by atoms with Crippen LogP contribution in [0.25, 0.3) is 0 Å². The van der Waals surface area contributed by atoms with Gasteiger partial charge in [0.25, 0.3) is 0 Å². The Bertz CT molecular complexity index is 1080. The number of aryl methyl sites for hydroxylation is 2. The first-order valence-corrected chi connectivity index (χ1v) is 13.4. The first kappa shape index (κ1) is 26.0. The van der Waals surface area contributed by atoms with Gasteiger partial charge in [-0.05, 0) is 73.4 Å². The van der Waals surface area contributed by atoms with Crippen molar-refractivity contribution in [3.8, 4) is 0 Å². The number of unbranched alkanes of at least 4 members (excludes halogenated alkanes) is 1. The maximum atomic E-state index is 14.2. The molecule has 200 valence electrons. The molecule has 0 spiro atoms. The first-order valence-electron chi connectivity index (χ1n) is 13.4. The van der Waals surface area contributed by atoms with Gasteiger partial charge < -0.3 is 24.6 Å². The van der Waals surface area contributed by atoms with E-state index in [0.29, 0.717) is 50.6 Å². The highest BCUT2D eigenvalue weighted by Crippen LogP contribution is 2.34. The third-order valence-corrected chi connectivity index (χ3v) is 7.41. The number of halogens is 1. The zero-order chi connectivity index (χ0) is 25.6. The van der Waals surface area contributed by atoms with Gasteiger partial charge in [0.2, 0.25) is 0 Å². The highest BCUT2D eigenvalue weighted by atomic mass is 19.1. The molecule has 0 radical (unpaired) electrons.